The van der Waals surface area contributed by atoms with Crippen LogP contribution < -0.4 is 15.8 Å². The summed E-state index contributed by atoms with van der Waals surface area (Å²) >= 11 is 0. The molecule has 0 aliphatic heterocycles. The Labute approximate surface area is 152 Å². The Balaban J connectivity index is 1.95. The van der Waals surface area contributed by atoms with Gasteiger partial charge in [-0.25, -0.2) is 13.6 Å². The normalized spacial score (nSPS) is 12.5. The van der Waals surface area contributed by atoms with E-state index < -0.39 is 27.9 Å². The van der Waals surface area contributed by atoms with Crippen LogP contribution in [-0.2, 0) is 19.6 Å². The number of amides is 2. The van der Waals surface area contributed by atoms with E-state index in [0.29, 0.717) is 0 Å². The van der Waals surface area contributed by atoms with E-state index in [9.17, 15) is 18.0 Å². The van der Waals surface area contributed by atoms with Crippen molar-refractivity contribution in [2.24, 2.45) is 5.14 Å². The van der Waals surface area contributed by atoms with Crippen molar-refractivity contribution in [1.82, 2.24) is 5.32 Å². The molecule has 0 aliphatic rings. The lowest BCUT2D eigenvalue weighted by atomic mass is 10.2. The van der Waals surface area contributed by atoms with Gasteiger partial charge in [-0.2, -0.15) is 0 Å². The molecular formula is C18H19N3O4S. The first-order chi connectivity index (χ1) is 12.3. The molecule has 0 spiro atoms. The molecule has 0 bridgehead atoms. The Hall–Kier alpha value is -2.97. The highest BCUT2D eigenvalue weighted by atomic mass is 32.2. The van der Waals surface area contributed by atoms with Gasteiger partial charge in [-0.05, 0) is 36.8 Å². The number of benzene rings is 2. The number of hydrogen-bond donors (Lipinski definition) is 3. The van der Waals surface area contributed by atoms with E-state index in [2.05, 4.69) is 10.6 Å². The molecule has 2 aromatic rings. The molecule has 0 unspecified atom stereocenters. The first-order valence-electron chi connectivity index (χ1n) is 7.73. The van der Waals surface area contributed by atoms with Gasteiger partial charge in [0, 0.05) is 11.8 Å². The molecule has 2 aromatic carbocycles. The maximum absolute atomic E-state index is 12.2. The van der Waals surface area contributed by atoms with E-state index in [0.717, 1.165) is 5.56 Å². The van der Waals surface area contributed by atoms with E-state index in [1.165, 1.54) is 37.3 Å². The minimum atomic E-state index is -3.86. The zero-order valence-electron chi connectivity index (χ0n) is 14.0. The van der Waals surface area contributed by atoms with Crippen LogP contribution in [0.5, 0.6) is 0 Å². The van der Waals surface area contributed by atoms with Gasteiger partial charge in [0.05, 0.1) is 4.90 Å². The van der Waals surface area contributed by atoms with Crippen molar-refractivity contribution in [3.05, 3.63) is 66.2 Å². The third-order valence-electron chi connectivity index (χ3n) is 3.41. The van der Waals surface area contributed by atoms with E-state index in [1.54, 1.807) is 6.08 Å². The van der Waals surface area contributed by atoms with Gasteiger partial charge >= 0.3 is 0 Å². The van der Waals surface area contributed by atoms with Gasteiger partial charge in [0.2, 0.25) is 21.8 Å². The van der Waals surface area contributed by atoms with Crippen LogP contribution in [0.4, 0.5) is 5.69 Å². The van der Waals surface area contributed by atoms with Crippen LogP contribution in [0.15, 0.2) is 65.6 Å². The molecule has 0 radical (unpaired) electrons. The summed E-state index contributed by atoms with van der Waals surface area (Å²) in [5, 5.41) is 10.1. The number of sulfonamides is 1. The average molecular weight is 373 g/mol. The van der Waals surface area contributed by atoms with E-state index in [-0.39, 0.29) is 10.6 Å². The monoisotopic (exact) mass is 373 g/mol. The van der Waals surface area contributed by atoms with Crippen LogP contribution in [0.2, 0.25) is 0 Å². The fourth-order valence-corrected chi connectivity index (χ4v) is 2.62. The summed E-state index contributed by atoms with van der Waals surface area (Å²) in [5.41, 5.74) is 1.13. The summed E-state index contributed by atoms with van der Waals surface area (Å²) in [4.78, 5) is 23.9. The largest absolute Gasteiger partial charge is 0.341 e. The Kier molecular flexibility index (Phi) is 6.26. The molecule has 2 rings (SSSR count). The van der Waals surface area contributed by atoms with E-state index >= 15 is 0 Å². The number of carbonyl (C=O) groups excluding carboxylic acids is 2. The summed E-state index contributed by atoms with van der Waals surface area (Å²) in [6, 6.07) is 14.0. The summed E-state index contributed by atoms with van der Waals surface area (Å²) in [5.74, 6) is -0.909. The lowest BCUT2D eigenvalue weighted by Crippen LogP contribution is -2.40. The molecule has 0 saturated heterocycles. The predicted octanol–water partition coefficient (Wildman–Crippen LogP) is 1.49. The molecule has 8 heteroatoms. The number of nitrogens with two attached hydrogens (primary N) is 1. The van der Waals surface area contributed by atoms with Gasteiger partial charge in [-0.3, -0.25) is 9.59 Å². The molecule has 0 heterocycles. The number of hydrogen-bond acceptors (Lipinski definition) is 4. The van der Waals surface area contributed by atoms with Crippen molar-refractivity contribution in [1.29, 1.82) is 0 Å². The smallest absolute Gasteiger partial charge is 0.246 e. The van der Waals surface area contributed by atoms with Crippen molar-refractivity contribution in [3.8, 4) is 0 Å². The number of rotatable bonds is 6. The number of anilines is 1. The second-order valence-corrected chi connectivity index (χ2v) is 7.10. The van der Waals surface area contributed by atoms with Crippen LogP contribution in [0.1, 0.15) is 12.5 Å². The lowest BCUT2D eigenvalue weighted by Gasteiger charge is -2.13. The van der Waals surface area contributed by atoms with Crippen molar-refractivity contribution < 1.29 is 18.0 Å². The zero-order chi connectivity index (χ0) is 19.2. The fraction of sp³-hybridized carbons (Fsp3) is 0.111. The SMILES string of the molecule is C[C@H](NC(=O)/C=C/c1ccccc1)C(=O)Nc1cccc(S(N)(=O)=O)c1. The summed E-state index contributed by atoms with van der Waals surface area (Å²) in [7, 11) is -3.86. The molecule has 0 fully saturated rings. The Morgan fingerprint density at radius 3 is 2.42 bits per heavy atom. The maximum atomic E-state index is 12.2. The second-order valence-electron chi connectivity index (χ2n) is 5.54. The third-order valence-corrected chi connectivity index (χ3v) is 4.32. The Bertz CT molecular complexity index is 924. The standard InChI is InChI=1S/C18H19N3O4S/c1-13(20-17(22)11-10-14-6-3-2-4-7-14)18(23)21-15-8-5-9-16(12-15)26(19,24)25/h2-13H,1H3,(H,20,22)(H,21,23)(H2,19,24,25)/b11-10+/t13-/m0/s1. The highest BCUT2D eigenvalue weighted by molar-refractivity contribution is 7.89. The van der Waals surface area contributed by atoms with Crippen molar-refractivity contribution >= 4 is 33.6 Å². The summed E-state index contributed by atoms with van der Waals surface area (Å²) in [6.07, 6.45) is 2.97. The molecule has 0 saturated carbocycles. The predicted molar refractivity (Wildman–Crippen MR) is 99.5 cm³/mol. The van der Waals surface area contributed by atoms with Crippen LogP contribution >= 0.6 is 0 Å². The molecule has 26 heavy (non-hydrogen) atoms. The topological polar surface area (TPSA) is 118 Å². The highest BCUT2D eigenvalue weighted by Gasteiger charge is 2.15. The molecule has 7 nitrogen and oxygen atoms in total. The highest BCUT2D eigenvalue weighted by Crippen LogP contribution is 2.14. The van der Waals surface area contributed by atoms with Crippen LogP contribution in [-0.4, -0.2) is 26.3 Å². The zero-order valence-corrected chi connectivity index (χ0v) is 14.9. The minimum absolute atomic E-state index is 0.113. The molecule has 0 aliphatic carbocycles. The number of carbonyl (C=O) groups is 2. The average Bonchev–Trinajstić information content (AvgIpc) is 2.60. The first-order valence-corrected chi connectivity index (χ1v) is 9.28. The van der Waals surface area contributed by atoms with Crippen molar-refractivity contribution in [3.63, 3.8) is 0 Å². The lowest BCUT2D eigenvalue weighted by molar-refractivity contribution is -0.123. The number of primary sulfonamides is 1. The van der Waals surface area contributed by atoms with Crippen molar-refractivity contribution in [2.45, 2.75) is 17.9 Å². The second kappa shape index (κ2) is 8.41. The van der Waals surface area contributed by atoms with Crippen LogP contribution in [0, 0.1) is 0 Å². The van der Waals surface area contributed by atoms with E-state index in [1.807, 2.05) is 30.3 Å². The summed E-state index contributed by atoms with van der Waals surface area (Å²) in [6.45, 7) is 1.52. The molecular weight excluding hydrogens is 354 g/mol. The molecule has 136 valence electrons. The maximum Gasteiger partial charge on any atom is 0.246 e. The Morgan fingerprint density at radius 1 is 1.08 bits per heavy atom. The van der Waals surface area contributed by atoms with Gasteiger partial charge in [-0.15, -0.1) is 0 Å². The van der Waals surface area contributed by atoms with Gasteiger partial charge in [0.15, 0.2) is 0 Å². The molecule has 1 atom stereocenters. The fourth-order valence-electron chi connectivity index (χ4n) is 2.06. The molecule has 0 aromatic heterocycles. The van der Waals surface area contributed by atoms with Crippen LogP contribution in [0.3, 0.4) is 0 Å². The van der Waals surface area contributed by atoms with Gasteiger partial charge in [-0.1, -0.05) is 36.4 Å². The Morgan fingerprint density at radius 2 is 1.77 bits per heavy atom. The number of nitrogens with one attached hydrogen (secondary N) is 2. The van der Waals surface area contributed by atoms with Gasteiger partial charge in [0.25, 0.3) is 0 Å². The minimum Gasteiger partial charge on any atom is -0.341 e. The molecule has 2 amide bonds. The van der Waals surface area contributed by atoms with Crippen molar-refractivity contribution in [2.75, 3.05) is 5.32 Å². The third kappa shape index (κ3) is 5.83. The summed E-state index contributed by atoms with van der Waals surface area (Å²) < 4.78 is 22.7. The first kappa shape index (κ1) is 19.4. The quantitative estimate of drug-likeness (QED) is 0.665. The van der Waals surface area contributed by atoms with Gasteiger partial charge in [0.1, 0.15) is 6.04 Å². The van der Waals surface area contributed by atoms with Gasteiger partial charge < -0.3 is 10.6 Å². The van der Waals surface area contributed by atoms with E-state index in [4.69, 9.17) is 5.14 Å². The van der Waals surface area contributed by atoms with Crippen LogP contribution in [0.25, 0.3) is 6.08 Å². The molecule has 4 N–H and O–H groups in total.